The van der Waals surface area contributed by atoms with Gasteiger partial charge in [0, 0.05) is 10.6 Å². The maximum absolute atomic E-state index is 12.7. The fraction of sp³-hybridized carbons (Fsp3) is 0.400. The topological polar surface area (TPSA) is 85.3 Å². The average Bonchev–Trinajstić information content (AvgIpc) is 3.36. The summed E-state index contributed by atoms with van der Waals surface area (Å²) < 4.78 is 10.3. The number of halogens is 1. The normalized spacial score (nSPS) is 28.9. The third-order valence-electron chi connectivity index (χ3n) is 5.57. The van der Waals surface area contributed by atoms with E-state index in [-0.39, 0.29) is 35.5 Å². The van der Waals surface area contributed by atoms with Crippen LogP contribution in [-0.4, -0.2) is 42.2 Å². The second-order valence-corrected chi connectivity index (χ2v) is 7.63. The van der Waals surface area contributed by atoms with Crippen LogP contribution in [0.25, 0.3) is 0 Å². The molecule has 0 radical (unpaired) electrons. The summed E-state index contributed by atoms with van der Waals surface area (Å²) in [5.74, 6) is -1.10. The predicted octanol–water partition coefficient (Wildman–Crippen LogP) is 2.42. The largest absolute Gasteiger partial charge is 0.478 e. The Balaban J connectivity index is 1.57. The number of carbonyl (C=O) groups is 3. The number of hydrogen-bond donors (Lipinski definition) is 0. The molecule has 0 aromatic heterocycles. The third-order valence-corrected chi connectivity index (χ3v) is 5.80. The van der Waals surface area contributed by atoms with Crippen molar-refractivity contribution in [2.45, 2.75) is 19.4 Å². The maximum atomic E-state index is 12.7. The smallest absolute Gasteiger partial charge is 0.346 e. The molecular formula is C20H19ClN2O5. The molecule has 2 bridgehead atoms. The van der Waals surface area contributed by atoms with Crippen molar-refractivity contribution in [1.82, 2.24) is 5.01 Å². The minimum absolute atomic E-state index is 0.123. The molecular weight excluding hydrogens is 384 g/mol. The van der Waals surface area contributed by atoms with Gasteiger partial charge in [-0.15, -0.1) is 0 Å². The van der Waals surface area contributed by atoms with Crippen LogP contribution in [0.2, 0.25) is 5.02 Å². The van der Waals surface area contributed by atoms with Crippen LogP contribution in [0, 0.1) is 23.7 Å². The Morgan fingerprint density at radius 3 is 2.50 bits per heavy atom. The number of hydrazone groups is 1. The zero-order valence-corrected chi connectivity index (χ0v) is 16.1. The fourth-order valence-electron chi connectivity index (χ4n) is 4.25. The molecule has 1 heterocycles. The monoisotopic (exact) mass is 402 g/mol. The lowest BCUT2D eigenvalue weighted by Gasteiger charge is -2.15. The van der Waals surface area contributed by atoms with Gasteiger partial charge in [-0.05, 0) is 43.4 Å². The first kappa shape index (κ1) is 18.7. The molecule has 0 unspecified atom stereocenters. The van der Waals surface area contributed by atoms with Crippen LogP contribution in [0.1, 0.15) is 18.9 Å². The quantitative estimate of drug-likeness (QED) is 0.327. The second kappa shape index (κ2) is 7.05. The molecule has 0 spiro atoms. The number of nitrogens with zero attached hydrogens (tertiary/aromatic N) is 2. The van der Waals surface area contributed by atoms with Crippen molar-refractivity contribution in [1.29, 1.82) is 0 Å². The van der Waals surface area contributed by atoms with Gasteiger partial charge >= 0.3 is 5.97 Å². The van der Waals surface area contributed by atoms with Crippen molar-refractivity contribution in [2.75, 3.05) is 7.11 Å². The van der Waals surface area contributed by atoms with Gasteiger partial charge in [-0.1, -0.05) is 23.8 Å². The van der Waals surface area contributed by atoms with Crippen LogP contribution < -0.4 is 4.74 Å². The summed E-state index contributed by atoms with van der Waals surface area (Å²) in [6.45, 7) is 1.55. The first-order valence-corrected chi connectivity index (χ1v) is 9.42. The summed E-state index contributed by atoms with van der Waals surface area (Å²) in [5, 5.41) is 5.52. The summed E-state index contributed by atoms with van der Waals surface area (Å²) in [4.78, 5) is 37.0. The summed E-state index contributed by atoms with van der Waals surface area (Å²) in [5.41, 5.74) is 0.446. The van der Waals surface area contributed by atoms with E-state index in [0.29, 0.717) is 16.3 Å². The first-order chi connectivity index (χ1) is 13.4. The van der Waals surface area contributed by atoms with Crippen molar-refractivity contribution in [3.05, 3.63) is 40.9 Å². The predicted molar refractivity (Wildman–Crippen MR) is 101 cm³/mol. The van der Waals surface area contributed by atoms with Gasteiger partial charge in [0.15, 0.2) is 6.10 Å². The molecule has 2 amide bonds. The van der Waals surface area contributed by atoms with Gasteiger partial charge in [-0.2, -0.15) is 10.1 Å². The van der Waals surface area contributed by atoms with E-state index in [1.807, 2.05) is 12.2 Å². The third kappa shape index (κ3) is 2.99. The number of fused-ring (bicyclic) bond motifs is 5. The average molecular weight is 403 g/mol. The molecule has 1 saturated carbocycles. The molecule has 1 saturated heterocycles. The van der Waals surface area contributed by atoms with Gasteiger partial charge in [0.25, 0.3) is 11.8 Å². The SMILES string of the molecule is COC(=O)[C@@H](C)Oc1ccc(Cl)cc1C=NN1C(=O)[C@@H]2[C@H](C1=O)[C@H]1C=C[C@H]2C1. The molecule has 7 nitrogen and oxygen atoms in total. The van der Waals surface area contributed by atoms with E-state index in [1.54, 1.807) is 25.1 Å². The highest BCUT2D eigenvalue weighted by molar-refractivity contribution is 6.31. The van der Waals surface area contributed by atoms with Gasteiger partial charge < -0.3 is 9.47 Å². The number of amides is 2. The van der Waals surface area contributed by atoms with E-state index in [2.05, 4.69) is 9.84 Å². The molecule has 3 aliphatic rings. The lowest BCUT2D eigenvalue weighted by molar-refractivity contribution is -0.148. The number of allylic oxidation sites excluding steroid dienone is 2. The fourth-order valence-corrected chi connectivity index (χ4v) is 4.43. The van der Waals surface area contributed by atoms with Crippen LogP contribution in [-0.2, 0) is 19.1 Å². The molecule has 1 aromatic rings. The zero-order valence-electron chi connectivity index (χ0n) is 15.4. The summed E-state index contributed by atoms with van der Waals surface area (Å²) in [7, 11) is 1.27. The molecule has 2 aliphatic carbocycles. The highest BCUT2D eigenvalue weighted by Gasteiger charge is 2.59. The van der Waals surface area contributed by atoms with E-state index >= 15 is 0 Å². The molecule has 2 fully saturated rings. The number of rotatable bonds is 5. The summed E-state index contributed by atoms with van der Waals surface area (Å²) in [6, 6.07) is 4.79. The van der Waals surface area contributed by atoms with Gasteiger partial charge in [0.2, 0.25) is 0 Å². The van der Waals surface area contributed by atoms with Crippen LogP contribution in [0.5, 0.6) is 5.75 Å². The number of esters is 1. The Kier molecular flexibility index (Phi) is 4.71. The van der Waals surface area contributed by atoms with Gasteiger partial charge in [-0.25, -0.2) is 4.79 Å². The Bertz CT molecular complexity index is 882. The molecule has 28 heavy (non-hydrogen) atoms. The number of methoxy groups -OCH3 is 1. The Morgan fingerprint density at radius 2 is 1.89 bits per heavy atom. The molecule has 8 heteroatoms. The number of hydrogen-bond acceptors (Lipinski definition) is 6. The van der Waals surface area contributed by atoms with E-state index in [9.17, 15) is 14.4 Å². The van der Waals surface area contributed by atoms with Gasteiger partial charge in [-0.3, -0.25) is 9.59 Å². The van der Waals surface area contributed by atoms with Crippen molar-refractivity contribution in [3.63, 3.8) is 0 Å². The second-order valence-electron chi connectivity index (χ2n) is 7.20. The number of imide groups is 1. The minimum atomic E-state index is -0.838. The standard InChI is InChI=1S/C20H19ClN2O5/c1-10(20(26)27-2)28-15-6-5-14(21)8-13(15)9-22-23-18(24)16-11-3-4-12(7-11)17(16)19(23)25/h3-6,8-12,16-17H,7H2,1-2H3/t10-,11+,12+,16-,17+/m1/s1. The summed E-state index contributed by atoms with van der Waals surface area (Å²) >= 11 is 6.06. The highest BCUT2D eigenvalue weighted by atomic mass is 35.5. The van der Waals surface area contributed by atoms with Crippen molar-refractivity contribution < 1.29 is 23.9 Å². The molecule has 1 aromatic carbocycles. The van der Waals surface area contributed by atoms with Gasteiger partial charge in [0.1, 0.15) is 5.75 Å². The Hall–Kier alpha value is -2.67. The van der Waals surface area contributed by atoms with Crippen molar-refractivity contribution in [2.24, 2.45) is 28.8 Å². The Labute approximate surface area is 166 Å². The highest BCUT2D eigenvalue weighted by Crippen LogP contribution is 2.52. The molecule has 5 atom stereocenters. The minimum Gasteiger partial charge on any atom is -0.478 e. The van der Waals surface area contributed by atoms with E-state index in [0.717, 1.165) is 11.4 Å². The lowest BCUT2D eigenvalue weighted by Crippen LogP contribution is -2.28. The van der Waals surface area contributed by atoms with Crippen LogP contribution in [0.15, 0.2) is 35.5 Å². The van der Waals surface area contributed by atoms with Crippen LogP contribution in [0.3, 0.4) is 0 Å². The first-order valence-electron chi connectivity index (χ1n) is 9.05. The molecule has 146 valence electrons. The van der Waals surface area contributed by atoms with E-state index in [1.165, 1.54) is 13.3 Å². The molecule has 4 rings (SSSR count). The molecule has 0 N–H and O–H groups in total. The number of carbonyl (C=O) groups excluding carboxylic acids is 3. The lowest BCUT2D eigenvalue weighted by atomic mass is 9.85. The summed E-state index contributed by atoms with van der Waals surface area (Å²) in [6.07, 6.45) is 5.44. The van der Waals surface area contributed by atoms with Crippen molar-refractivity contribution in [3.8, 4) is 5.75 Å². The zero-order chi connectivity index (χ0) is 20.0. The maximum Gasteiger partial charge on any atom is 0.346 e. The number of benzene rings is 1. The van der Waals surface area contributed by atoms with Crippen LogP contribution in [0.4, 0.5) is 0 Å². The van der Waals surface area contributed by atoms with E-state index < -0.39 is 12.1 Å². The van der Waals surface area contributed by atoms with Crippen LogP contribution >= 0.6 is 11.6 Å². The van der Waals surface area contributed by atoms with Crippen molar-refractivity contribution >= 4 is 35.6 Å². The Morgan fingerprint density at radius 1 is 1.25 bits per heavy atom. The molecule has 1 aliphatic heterocycles. The van der Waals surface area contributed by atoms with Gasteiger partial charge in [0.05, 0.1) is 25.2 Å². The van der Waals surface area contributed by atoms with E-state index in [4.69, 9.17) is 16.3 Å². The number of ether oxygens (including phenoxy) is 2.